The van der Waals surface area contributed by atoms with E-state index in [0.717, 1.165) is 33.8 Å². The lowest BCUT2D eigenvalue weighted by atomic mass is 10.1. The number of anilines is 1. The monoisotopic (exact) mass is 407 g/mol. The van der Waals surface area contributed by atoms with E-state index in [4.69, 9.17) is 4.98 Å². The minimum absolute atomic E-state index is 0.126. The SMILES string of the molecule is Cc1sc2nc(CN3c4ccc(F)cc4CC3C)cc(=O)n2c1-c1cncnc1. The zero-order valence-corrected chi connectivity index (χ0v) is 16.8. The Labute approximate surface area is 170 Å². The first-order chi connectivity index (χ1) is 14.0. The molecule has 0 spiro atoms. The quantitative estimate of drug-likeness (QED) is 0.519. The molecule has 1 atom stereocenters. The number of hydrogen-bond donors (Lipinski definition) is 0. The van der Waals surface area contributed by atoms with Crippen LogP contribution in [0, 0.1) is 12.7 Å². The Kier molecular flexibility index (Phi) is 4.16. The van der Waals surface area contributed by atoms with Crippen molar-refractivity contribution in [1.82, 2.24) is 19.4 Å². The summed E-state index contributed by atoms with van der Waals surface area (Å²) in [6, 6.07) is 6.68. The number of aryl methyl sites for hydroxylation is 1. The maximum Gasteiger partial charge on any atom is 0.259 e. The minimum Gasteiger partial charge on any atom is -0.362 e. The first kappa shape index (κ1) is 17.9. The number of nitrogens with zero attached hydrogens (tertiary/aromatic N) is 5. The molecule has 1 aliphatic heterocycles. The molecule has 6 nitrogen and oxygen atoms in total. The summed E-state index contributed by atoms with van der Waals surface area (Å²) in [4.78, 5) is 29.7. The average Bonchev–Trinajstić information content (AvgIpc) is 3.18. The van der Waals surface area contributed by atoms with Gasteiger partial charge in [-0.1, -0.05) is 0 Å². The topological polar surface area (TPSA) is 63.4 Å². The maximum atomic E-state index is 13.6. The fourth-order valence-corrected chi connectivity index (χ4v) is 5.05. The van der Waals surface area contributed by atoms with E-state index in [-0.39, 0.29) is 17.4 Å². The fraction of sp³-hybridized carbons (Fsp3) is 0.238. The number of halogens is 1. The van der Waals surface area contributed by atoms with E-state index < -0.39 is 0 Å². The van der Waals surface area contributed by atoms with E-state index >= 15 is 0 Å². The predicted molar refractivity (Wildman–Crippen MR) is 111 cm³/mol. The highest BCUT2D eigenvalue weighted by Gasteiger charge is 2.27. The summed E-state index contributed by atoms with van der Waals surface area (Å²) in [6.45, 7) is 4.58. The van der Waals surface area contributed by atoms with Gasteiger partial charge in [0, 0.05) is 40.6 Å². The van der Waals surface area contributed by atoms with Crippen LogP contribution in [0.5, 0.6) is 0 Å². The Balaban J connectivity index is 1.56. The number of rotatable bonds is 3. The van der Waals surface area contributed by atoms with Crippen molar-refractivity contribution < 1.29 is 4.39 Å². The Hall–Kier alpha value is -3.13. The highest BCUT2D eigenvalue weighted by atomic mass is 32.1. The Morgan fingerprint density at radius 2 is 2.03 bits per heavy atom. The molecule has 1 aliphatic rings. The van der Waals surface area contributed by atoms with Crippen molar-refractivity contribution >= 4 is 22.0 Å². The summed E-state index contributed by atoms with van der Waals surface area (Å²) in [5, 5.41) is 0. The van der Waals surface area contributed by atoms with Gasteiger partial charge in [-0.25, -0.2) is 19.3 Å². The molecule has 29 heavy (non-hydrogen) atoms. The average molecular weight is 407 g/mol. The van der Waals surface area contributed by atoms with Gasteiger partial charge in [0.1, 0.15) is 12.1 Å². The summed E-state index contributed by atoms with van der Waals surface area (Å²) in [6.07, 6.45) is 5.64. The molecule has 5 rings (SSSR count). The van der Waals surface area contributed by atoms with Crippen LogP contribution >= 0.6 is 11.3 Å². The molecule has 0 saturated carbocycles. The number of benzene rings is 1. The Morgan fingerprint density at radius 1 is 1.24 bits per heavy atom. The van der Waals surface area contributed by atoms with E-state index in [9.17, 15) is 9.18 Å². The lowest BCUT2D eigenvalue weighted by Crippen LogP contribution is -2.30. The molecule has 0 bridgehead atoms. The summed E-state index contributed by atoms with van der Waals surface area (Å²) in [5.41, 5.74) is 4.15. The van der Waals surface area contributed by atoms with Gasteiger partial charge in [-0.2, -0.15) is 0 Å². The molecule has 0 fully saturated rings. The predicted octanol–water partition coefficient (Wildman–Crippen LogP) is 3.61. The zero-order valence-electron chi connectivity index (χ0n) is 16.0. The van der Waals surface area contributed by atoms with Gasteiger partial charge >= 0.3 is 0 Å². The first-order valence-electron chi connectivity index (χ1n) is 9.34. The largest absolute Gasteiger partial charge is 0.362 e. The van der Waals surface area contributed by atoms with Gasteiger partial charge in [0.05, 0.1) is 17.9 Å². The molecule has 3 aromatic heterocycles. The van der Waals surface area contributed by atoms with Gasteiger partial charge in [0.25, 0.3) is 5.56 Å². The molecular formula is C21H18FN5OS. The standard InChI is InChI=1S/C21H18FN5OS/c1-12-5-14-6-16(22)3-4-18(14)26(12)10-17-7-19(28)27-20(13(2)29-21(27)25-17)15-8-23-11-24-9-15/h3-4,6-9,11-12H,5,10H2,1-2H3. The molecule has 8 heteroatoms. The van der Waals surface area contributed by atoms with E-state index in [0.29, 0.717) is 17.2 Å². The van der Waals surface area contributed by atoms with Crippen molar-refractivity contribution in [2.45, 2.75) is 32.9 Å². The normalized spacial score (nSPS) is 15.8. The number of thiazole rings is 1. The molecule has 0 radical (unpaired) electrons. The minimum atomic E-state index is -0.220. The summed E-state index contributed by atoms with van der Waals surface area (Å²) in [7, 11) is 0. The second kappa shape index (κ2) is 6.73. The highest BCUT2D eigenvalue weighted by Crippen LogP contribution is 2.34. The lowest BCUT2D eigenvalue weighted by molar-refractivity contribution is 0.626. The first-order valence-corrected chi connectivity index (χ1v) is 10.2. The zero-order chi connectivity index (χ0) is 20.1. The number of aromatic nitrogens is 4. The van der Waals surface area contributed by atoms with E-state index in [1.165, 1.54) is 23.7 Å². The van der Waals surface area contributed by atoms with Crippen LogP contribution in [0.15, 0.2) is 47.8 Å². The molecule has 146 valence electrons. The van der Waals surface area contributed by atoms with Gasteiger partial charge in [-0.15, -0.1) is 11.3 Å². The molecule has 0 saturated heterocycles. The third-order valence-corrected chi connectivity index (χ3v) is 6.26. The third-order valence-electron chi connectivity index (χ3n) is 5.31. The van der Waals surface area contributed by atoms with Crippen LogP contribution in [0.1, 0.15) is 23.1 Å². The molecule has 1 unspecified atom stereocenters. The second-order valence-corrected chi connectivity index (χ2v) is 8.47. The van der Waals surface area contributed by atoms with Crippen LogP contribution in [-0.2, 0) is 13.0 Å². The molecule has 4 aromatic rings. The molecule has 0 aliphatic carbocycles. The summed E-state index contributed by atoms with van der Waals surface area (Å²) >= 11 is 1.48. The van der Waals surface area contributed by atoms with Gasteiger partial charge < -0.3 is 4.90 Å². The van der Waals surface area contributed by atoms with E-state index in [2.05, 4.69) is 21.8 Å². The molecule has 0 N–H and O–H groups in total. The van der Waals surface area contributed by atoms with Crippen LogP contribution < -0.4 is 10.5 Å². The number of fused-ring (bicyclic) bond motifs is 2. The smallest absolute Gasteiger partial charge is 0.259 e. The van der Waals surface area contributed by atoms with Gasteiger partial charge in [-0.3, -0.25) is 9.20 Å². The van der Waals surface area contributed by atoms with Gasteiger partial charge in [-0.05, 0) is 44.0 Å². The Morgan fingerprint density at radius 3 is 2.83 bits per heavy atom. The van der Waals surface area contributed by atoms with Crippen molar-refractivity contribution in [3.63, 3.8) is 0 Å². The van der Waals surface area contributed by atoms with E-state index in [1.54, 1.807) is 28.9 Å². The molecule has 0 amide bonds. The molecular weight excluding hydrogens is 389 g/mol. The van der Waals surface area contributed by atoms with Crippen molar-refractivity contribution in [2.24, 2.45) is 0 Å². The molecule has 1 aromatic carbocycles. The van der Waals surface area contributed by atoms with Crippen LogP contribution in [0.4, 0.5) is 10.1 Å². The summed E-state index contributed by atoms with van der Waals surface area (Å²) < 4.78 is 15.2. The van der Waals surface area contributed by atoms with Crippen molar-refractivity contribution in [1.29, 1.82) is 0 Å². The highest BCUT2D eigenvalue weighted by molar-refractivity contribution is 7.17. The van der Waals surface area contributed by atoms with Crippen molar-refractivity contribution in [3.05, 3.63) is 75.3 Å². The van der Waals surface area contributed by atoms with Crippen LogP contribution in [0.3, 0.4) is 0 Å². The third kappa shape index (κ3) is 3.00. The van der Waals surface area contributed by atoms with Crippen LogP contribution in [0.25, 0.3) is 16.2 Å². The second-order valence-electron chi connectivity index (χ2n) is 7.29. The van der Waals surface area contributed by atoms with Gasteiger partial charge in [0.15, 0.2) is 4.96 Å². The van der Waals surface area contributed by atoms with Gasteiger partial charge in [0.2, 0.25) is 0 Å². The van der Waals surface area contributed by atoms with Crippen molar-refractivity contribution in [2.75, 3.05) is 4.90 Å². The van der Waals surface area contributed by atoms with E-state index in [1.807, 2.05) is 13.0 Å². The maximum absolute atomic E-state index is 13.6. The van der Waals surface area contributed by atoms with Crippen LogP contribution in [0.2, 0.25) is 0 Å². The van der Waals surface area contributed by atoms with Crippen LogP contribution in [-0.4, -0.2) is 25.4 Å². The fourth-order valence-electron chi connectivity index (χ4n) is 4.04. The molecule has 4 heterocycles. The number of hydrogen-bond acceptors (Lipinski definition) is 6. The lowest BCUT2D eigenvalue weighted by Gasteiger charge is -2.24. The van der Waals surface area contributed by atoms with Crippen molar-refractivity contribution in [3.8, 4) is 11.3 Å². The summed E-state index contributed by atoms with van der Waals surface area (Å²) in [5.74, 6) is -0.220. The Bertz CT molecular complexity index is 1280.